The number of hydrogen-bond donors (Lipinski definition) is 0. The van der Waals surface area contributed by atoms with E-state index in [1.807, 2.05) is 0 Å². The van der Waals surface area contributed by atoms with E-state index in [2.05, 4.69) is 0 Å². The number of hydrogen-bond acceptors (Lipinski definition) is 2. The van der Waals surface area contributed by atoms with Crippen LogP contribution in [0, 0.1) is 0 Å². The van der Waals surface area contributed by atoms with Gasteiger partial charge in [0.25, 0.3) is 0 Å². The summed E-state index contributed by atoms with van der Waals surface area (Å²) < 4.78 is 249. The maximum atomic E-state index is 15.6. The van der Waals surface area contributed by atoms with Crippen molar-refractivity contribution < 1.29 is 82.9 Å². The van der Waals surface area contributed by atoms with Crippen molar-refractivity contribution in [2.45, 2.75) is 86.9 Å². The Bertz CT molecular complexity index is 1160. The van der Waals surface area contributed by atoms with Gasteiger partial charge in [-0.3, -0.25) is 0 Å². The second-order valence-electron chi connectivity index (χ2n) is 11.3. The molecule has 0 aliphatic rings. The summed E-state index contributed by atoms with van der Waals surface area (Å²) in [6, 6.07) is 5.26. The lowest BCUT2D eigenvalue weighted by Crippen LogP contribution is -2.74. The number of allylic oxidation sites excluding steroid dienone is 1. The minimum Gasteiger partial charge on any atom is -0.436 e. The zero-order chi connectivity index (χ0) is 35.4. The number of rotatable bonds is 13. The topological polar surface area (TPSA) is 18.5 Å². The summed E-state index contributed by atoms with van der Waals surface area (Å²) in [6.45, 7) is 7.60. The average Bonchev–Trinajstić information content (AvgIpc) is 2.79. The summed E-state index contributed by atoms with van der Waals surface area (Å²) in [4.78, 5) is 0. The number of benzene rings is 1. The SMILES string of the molecule is C[Si](C)(C)O[SiH](O[Si](C)(C)C)C(=Cc1ccccc1)C(F)(F)C(F)(F)C(F)(F)C(F)(F)C(F)(F)C(F)(F)C(F)(F)C(F)(F)F. The summed E-state index contributed by atoms with van der Waals surface area (Å²) >= 11 is 0. The molecule has 0 amide bonds. The fraction of sp³-hybridized carbons (Fsp3) is 0.636. The van der Waals surface area contributed by atoms with Crippen LogP contribution in [0.1, 0.15) is 5.56 Å². The van der Waals surface area contributed by atoms with Crippen LogP contribution in [0.25, 0.3) is 6.08 Å². The minimum absolute atomic E-state index is 0.0316. The molecule has 0 unspecified atom stereocenters. The fourth-order valence-corrected chi connectivity index (χ4v) is 10.8. The van der Waals surface area contributed by atoms with Crippen LogP contribution < -0.4 is 0 Å². The number of halogens is 17. The molecule has 22 heteroatoms. The Morgan fingerprint density at radius 3 is 1.16 bits per heavy atom. The van der Waals surface area contributed by atoms with Crippen molar-refractivity contribution in [2.24, 2.45) is 0 Å². The van der Waals surface area contributed by atoms with E-state index in [0.717, 1.165) is 24.3 Å². The molecule has 0 saturated carbocycles. The van der Waals surface area contributed by atoms with Crippen LogP contribution >= 0.6 is 0 Å². The Kier molecular flexibility index (Phi) is 10.9. The summed E-state index contributed by atoms with van der Waals surface area (Å²) in [7, 11) is -11.1. The van der Waals surface area contributed by atoms with E-state index >= 15 is 17.6 Å². The molecule has 0 bridgehead atoms. The van der Waals surface area contributed by atoms with Gasteiger partial charge in [0.15, 0.2) is 16.6 Å². The van der Waals surface area contributed by atoms with Crippen LogP contribution in [0.3, 0.4) is 0 Å². The average molecular weight is 729 g/mol. The summed E-state index contributed by atoms with van der Waals surface area (Å²) in [5, 5.41) is -2.27. The third kappa shape index (κ3) is 7.17. The van der Waals surface area contributed by atoms with Crippen molar-refractivity contribution in [1.82, 2.24) is 0 Å². The van der Waals surface area contributed by atoms with Crippen LogP contribution in [0.5, 0.6) is 0 Å². The predicted octanol–water partition coefficient (Wildman–Crippen LogP) is 9.54. The van der Waals surface area contributed by atoms with E-state index in [1.165, 1.54) is 45.3 Å². The molecule has 0 radical (unpaired) electrons. The Labute approximate surface area is 243 Å². The van der Waals surface area contributed by atoms with E-state index in [0.29, 0.717) is 0 Å². The van der Waals surface area contributed by atoms with Crippen LogP contribution in [0.2, 0.25) is 39.3 Å². The monoisotopic (exact) mass is 728 g/mol. The van der Waals surface area contributed by atoms with Crippen LogP contribution in [-0.2, 0) is 8.23 Å². The highest BCUT2D eigenvalue weighted by Gasteiger charge is 2.95. The molecule has 0 aliphatic carbocycles. The lowest BCUT2D eigenvalue weighted by Gasteiger charge is -2.44. The molecule has 0 aliphatic heterocycles. The molecular formula is C22H25F17O2Si3. The molecule has 0 N–H and O–H groups in total. The summed E-state index contributed by atoms with van der Waals surface area (Å²) in [5.74, 6) is -57.2. The number of alkyl halides is 17. The molecule has 0 spiro atoms. The Morgan fingerprint density at radius 2 is 0.841 bits per heavy atom. The molecular weight excluding hydrogens is 703 g/mol. The molecule has 0 atom stereocenters. The Morgan fingerprint density at radius 1 is 0.523 bits per heavy atom. The third-order valence-electron chi connectivity index (χ3n) is 5.38. The lowest BCUT2D eigenvalue weighted by molar-refractivity contribution is -0.459. The molecule has 0 saturated heterocycles. The van der Waals surface area contributed by atoms with Gasteiger partial charge in [0.2, 0.25) is 0 Å². The van der Waals surface area contributed by atoms with Crippen LogP contribution in [-0.4, -0.2) is 73.6 Å². The Balaban J connectivity index is 4.08. The fourth-order valence-electron chi connectivity index (χ4n) is 3.17. The smallest absolute Gasteiger partial charge is 0.436 e. The van der Waals surface area contributed by atoms with Gasteiger partial charge in [-0.25, -0.2) is 0 Å². The zero-order valence-electron chi connectivity index (χ0n) is 23.3. The van der Waals surface area contributed by atoms with Gasteiger partial charge >= 0.3 is 56.9 Å². The van der Waals surface area contributed by atoms with E-state index in [-0.39, 0.29) is 6.08 Å². The van der Waals surface area contributed by atoms with Crippen molar-refractivity contribution in [1.29, 1.82) is 0 Å². The highest BCUT2D eigenvalue weighted by molar-refractivity contribution is 6.83. The van der Waals surface area contributed by atoms with Crippen molar-refractivity contribution in [3.05, 3.63) is 41.1 Å². The lowest BCUT2D eigenvalue weighted by atomic mass is 9.88. The van der Waals surface area contributed by atoms with E-state index < -0.39 is 84.3 Å². The molecule has 2 nitrogen and oxygen atoms in total. The molecule has 0 fully saturated rings. The molecule has 1 rings (SSSR count). The molecule has 1 aromatic carbocycles. The van der Waals surface area contributed by atoms with Gasteiger partial charge in [0.1, 0.15) is 0 Å². The van der Waals surface area contributed by atoms with Gasteiger partial charge in [0.05, 0.1) is 0 Å². The highest BCUT2D eigenvalue weighted by Crippen LogP contribution is 2.64. The van der Waals surface area contributed by atoms with Gasteiger partial charge in [-0.05, 0) is 50.9 Å². The Hall–Kier alpha value is -1.66. The van der Waals surface area contributed by atoms with E-state index in [1.54, 1.807) is 0 Å². The van der Waals surface area contributed by atoms with Crippen molar-refractivity contribution in [2.75, 3.05) is 0 Å². The van der Waals surface area contributed by atoms with E-state index in [4.69, 9.17) is 8.23 Å². The first-order valence-corrected chi connectivity index (χ1v) is 20.2. The predicted molar refractivity (Wildman–Crippen MR) is 131 cm³/mol. The first kappa shape index (κ1) is 40.4. The maximum absolute atomic E-state index is 15.6. The van der Waals surface area contributed by atoms with Crippen LogP contribution in [0.4, 0.5) is 74.6 Å². The first-order valence-electron chi connectivity index (χ1n) is 11.9. The van der Waals surface area contributed by atoms with Crippen LogP contribution in [0.15, 0.2) is 35.5 Å². The highest BCUT2D eigenvalue weighted by atomic mass is 28.4. The van der Waals surface area contributed by atoms with E-state index in [9.17, 15) is 57.1 Å². The summed E-state index contributed by atoms with van der Waals surface area (Å²) in [5.41, 5.74) is -0.509. The molecule has 256 valence electrons. The van der Waals surface area contributed by atoms with Crippen molar-refractivity contribution >= 4 is 32.0 Å². The maximum Gasteiger partial charge on any atom is 0.460 e. The largest absolute Gasteiger partial charge is 0.460 e. The van der Waals surface area contributed by atoms with Gasteiger partial charge in [-0.15, -0.1) is 0 Å². The minimum atomic E-state index is -8.70. The standard InChI is InChI=1S/C22H25F17O2Si3/c1-43(2,3)40-42(41-44(4,5)6)14(12-13-10-8-7-9-11-13)15(23,24)16(25,26)17(27,28)18(29,30)19(31,32)20(33,34)21(35,36)22(37,38)39/h7-12,42H,1-6H3. The molecule has 0 heterocycles. The zero-order valence-corrected chi connectivity index (χ0v) is 26.4. The second kappa shape index (κ2) is 11.9. The quantitative estimate of drug-likeness (QED) is 0.149. The second-order valence-corrected chi connectivity index (χ2v) is 22.9. The van der Waals surface area contributed by atoms with Crippen molar-refractivity contribution in [3.63, 3.8) is 0 Å². The van der Waals surface area contributed by atoms with Gasteiger partial charge in [0, 0.05) is 5.20 Å². The molecule has 44 heavy (non-hydrogen) atoms. The third-order valence-corrected chi connectivity index (χ3v) is 13.8. The molecule has 0 aromatic heterocycles. The van der Waals surface area contributed by atoms with Gasteiger partial charge < -0.3 is 8.23 Å². The van der Waals surface area contributed by atoms with Gasteiger partial charge in [-0.1, -0.05) is 30.3 Å². The molecule has 1 aromatic rings. The first-order chi connectivity index (χ1) is 19.0. The summed E-state index contributed by atoms with van der Waals surface area (Å²) in [6.07, 6.45) is -7.78. The van der Waals surface area contributed by atoms with Gasteiger partial charge in [-0.2, -0.15) is 74.6 Å². The normalized spacial score (nSPS) is 16.1. The van der Waals surface area contributed by atoms with Crippen molar-refractivity contribution in [3.8, 4) is 0 Å².